The normalized spacial score (nSPS) is 14.0. The van der Waals surface area contributed by atoms with Crippen molar-refractivity contribution >= 4 is 11.7 Å². The molecule has 0 unspecified atom stereocenters. The van der Waals surface area contributed by atoms with Crippen LogP contribution in [0.15, 0.2) is 54.6 Å². The van der Waals surface area contributed by atoms with Gasteiger partial charge >= 0.3 is 0 Å². The zero-order valence-electron chi connectivity index (χ0n) is 18.7. The van der Waals surface area contributed by atoms with Crippen molar-refractivity contribution in [3.63, 3.8) is 0 Å². The van der Waals surface area contributed by atoms with Gasteiger partial charge in [-0.2, -0.15) is 0 Å². The van der Waals surface area contributed by atoms with Gasteiger partial charge in [-0.25, -0.2) is 14.4 Å². The van der Waals surface area contributed by atoms with E-state index in [9.17, 15) is 9.18 Å². The SMILES string of the molecule is CCc1nc(C)nc(N2CCN(C(=O)Cc3ccccc3)CC2)c1Cc1cccc(F)c1. The van der Waals surface area contributed by atoms with Crippen LogP contribution in [0.2, 0.25) is 0 Å². The molecule has 32 heavy (non-hydrogen) atoms. The quantitative estimate of drug-likeness (QED) is 0.592. The van der Waals surface area contributed by atoms with E-state index >= 15 is 0 Å². The Hall–Kier alpha value is -3.28. The summed E-state index contributed by atoms with van der Waals surface area (Å²) in [5, 5.41) is 0. The first-order valence-electron chi connectivity index (χ1n) is 11.2. The molecule has 6 heteroatoms. The highest BCUT2D eigenvalue weighted by Crippen LogP contribution is 2.26. The van der Waals surface area contributed by atoms with Gasteiger partial charge in [0.25, 0.3) is 0 Å². The van der Waals surface area contributed by atoms with Crippen LogP contribution in [0.3, 0.4) is 0 Å². The van der Waals surface area contributed by atoms with E-state index in [1.165, 1.54) is 6.07 Å². The first-order valence-corrected chi connectivity index (χ1v) is 11.2. The molecule has 0 radical (unpaired) electrons. The van der Waals surface area contributed by atoms with E-state index in [0.29, 0.717) is 25.9 Å². The Morgan fingerprint density at radius 2 is 1.69 bits per heavy atom. The second-order valence-electron chi connectivity index (χ2n) is 8.21. The molecular formula is C26H29FN4O. The van der Waals surface area contributed by atoms with E-state index in [4.69, 9.17) is 4.98 Å². The Morgan fingerprint density at radius 1 is 0.969 bits per heavy atom. The highest BCUT2D eigenvalue weighted by molar-refractivity contribution is 5.79. The number of aromatic nitrogens is 2. The number of rotatable bonds is 6. The van der Waals surface area contributed by atoms with Crippen molar-refractivity contribution in [2.24, 2.45) is 0 Å². The zero-order valence-corrected chi connectivity index (χ0v) is 18.7. The molecular weight excluding hydrogens is 403 g/mol. The van der Waals surface area contributed by atoms with Crippen LogP contribution in [0.4, 0.5) is 10.2 Å². The van der Waals surface area contributed by atoms with Gasteiger partial charge in [0, 0.05) is 43.9 Å². The lowest BCUT2D eigenvalue weighted by Crippen LogP contribution is -2.49. The second-order valence-corrected chi connectivity index (χ2v) is 8.21. The van der Waals surface area contributed by atoms with Crippen molar-refractivity contribution in [2.75, 3.05) is 31.1 Å². The van der Waals surface area contributed by atoms with E-state index in [1.54, 1.807) is 12.1 Å². The summed E-state index contributed by atoms with van der Waals surface area (Å²) < 4.78 is 13.8. The van der Waals surface area contributed by atoms with Crippen molar-refractivity contribution < 1.29 is 9.18 Å². The van der Waals surface area contributed by atoms with Crippen LogP contribution in [0.5, 0.6) is 0 Å². The molecule has 0 spiro atoms. The number of aryl methyl sites for hydroxylation is 2. The number of piperazine rings is 1. The second kappa shape index (κ2) is 9.90. The number of amides is 1. The minimum absolute atomic E-state index is 0.156. The van der Waals surface area contributed by atoms with Gasteiger partial charge in [0.1, 0.15) is 17.5 Å². The van der Waals surface area contributed by atoms with Crippen molar-refractivity contribution in [3.8, 4) is 0 Å². The highest BCUT2D eigenvalue weighted by atomic mass is 19.1. The zero-order chi connectivity index (χ0) is 22.5. The predicted octanol–water partition coefficient (Wildman–Crippen LogP) is 3.97. The third kappa shape index (κ3) is 5.13. The number of benzene rings is 2. The van der Waals surface area contributed by atoms with Gasteiger partial charge in [-0.05, 0) is 36.6 Å². The van der Waals surface area contributed by atoms with E-state index in [0.717, 1.165) is 53.5 Å². The maximum absolute atomic E-state index is 13.8. The molecule has 5 nitrogen and oxygen atoms in total. The van der Waals surface area contributed by atoms with Gasteiger partial charge in [-0.1, -0.05) is 49.4 Å². The Morgan fingerprint density at radius 3 is 2.38 bits per heavy atom. The van der Waals surface area contributed by atoms with Crippen molar-refractivity contribution in [3.05, 3.63) is 88.6 Å². The van der Waals surface area contributed by atoms with Crippen LogP contribution in [-0.2, 0) is 24.1 Å². The Labute approximate surface area is 188 Å². The van der Waals surface area contributed by atoms with E-state index in [2.05, 4.69) is 16.8 Å². The summed E-state index contributed by atoms with van der Waals surface area (Å²) in [5.41, 5.74) is 3.99. The van der Waals surface area contributed by atoms with Gasteiger partial charge in [0.05, 0.1) is 6.42 Å². The van der Waals surface area contributed by atoms with Crippen LogP contribution in [0.1, 0.15) is 35.1 Å². The number of hydrogen-bond donors (Lipinski definition) is 0. The first kappa shape index (κ1) is 21.9. The number of anilines is 1. The molecule has 1 aliphatic rings. The van der Waals surface area contributed by atoms with Gasteiger partial charge in [0.15, 0.2) is 0 Å². The smallest absolute Gasteiger partial charge is 0.227 e. The molecule has 4 rings (SSSR count). The summed E-state index contributed by atoms with van der Waals surface area (Å²) in [6.45, 7) is 6.76. The van der Waals surface area contributed by atoms with Crippen LogP contribution < -0.4 is 4.90 Å². The summed E-state index contributed by atoms with van der Waals surface area (Å²) in [4.78, 5) is 26.4. The molecule has 0 atom stereocenters. The summed E-state index contributed by atoms with van der Waals surface area (Å²) in [6.07, 6.45) is 1.80. The van der Waals surface area contributed by atoms with Crippen molar-refractivity contribution in [2.45, 2.75) is 33.1 Å². The standard InChI is InChI=1S/C26H29FN4O/c1-3-24-23(17-21-10-7-11-22(27)16-21)26(29-19(2)28-24)31-14-12-30(13-15-31)25(32)18-20-8-5-4-6-9-20/h4-11,16H,3,12-15,17-18H2,1-2H3. The number of nitrogens with zero attached hydrogens (tertiary/aromatic N) is 4. The Balaban J connectivity index is 1.51. The molecule has 1 aromatic heterocycles. The van der Waals surface area contributed by atoms with Crippen molar-refractivity contribution in [1.82, 2.24) is 14.9 Å². The summed E-state index contributed by atoms with van der Waals surface area (Å²) >= 11 is 0. The number of halogens is 1. The molecule has 166 valence electrons. The highest BCUT2D eigenvalue weighted by Gasteiger charge is 2.25. The lowest BCUT2D eigenvalue weighted by molar-refractivity contribution is -0.130. The minimum atomic E-state index is -0.235. The minimum Gasteiger partial charge on any atom is -0.353 e. The molecule has 0 aliphatic carbocycles. The van der Waals surface area contributed by atoms with Gasteiger partial charge in [0.2, 0.25) is 5.91 Å². The summed E-state index contributed by atoms with van der Waals surface area (Å²) in [6, 6.07) is 16.6. The maximum Gasteiger partial charge on any atom is 0.227 e. The molecule has 0 bridgehead atoms. The molecule has 0 N–H and O–H groups in total. The molecule has 1 aliphatic heterocycles. The summed E-state index contributed by atoms with van der Waals surface area (Å²) in [7, 11) is 0. The maximum atomic E-state index is 13.8. The van der Waals surface area contributed by atoms with Crippen LogP contribution in [-0.4, -0.2) is 47.0 Å². The fourth-order valence-electron chi connectivity index (χ4n) is 4.27. The lowest BCUT2D eigenvalue weighted by Gasteiger charge is -2.36. The molecule has 1 fully saturated rings. The Kier molecular flexibility index (Phi) is 6.78. The lowest BCUT2D eigenvalue weighted by atomic mass is 10.0. The van der Waals surface area contributed by atoms with Crippen LogP contribution in [0, 0.1) is 12.7 Å². The van der Waals surface area contributed by atoms with Gasteiger partial charge < -0.3 is 9.80 Å². The average Bonchev–Trinajstić information content (AvgIpc) is 2.80. The molecule has 1 amide bonds. The van der Waals surface area contributed by atoms with E-state index in [1.807, 2.05) is 48.2 Å². The predicted molar refractivity (Wildman–Crippen MR) is 124 cm³/mol. The summed E-state index contributed by atoms with van der Waals surface area (Å²) in [5.74, 6) is 1.57. The molecule has 1 saturated heterocycles. The Bertz CT molecular complexity index is 1080. The first-order chi connectivity index (χ1) is 15.5. The molecule has 2 heterocycles. The molecule has 2 aromatic carbocycles. The fourth-order valence-corrected chi connectivity index (χ4v) is 4.27. The average molecular weight is 433 g/mol. The van der Waals surface area contributed by atoms with Gasteiger partial charge in [-0.3, -0.25) is 4.79 Å². The fraction of sp³-hybridized carbons (Fsp3) is 0.346. The third-order valence-corrected chi connectivity index (χ3v) is 5.92. The van der Waals surface area contributed by atoms with Crippen molar-refractivity contribution in [1.29, 1.82) is 0 Å². The third-order valence-electron chi connectivity index (χ3n) is 5.92. The molecule has 0 saturated carbocycles. The topological polar surface area (TPSA) is 49.3 Å². The monoisotopic (exact) mass is 432 g/mol. The number of carbonyl (C=O) groups is 1. The number of hydrogen-bond acceptors (Lipinski definition) is 4. The van der Waals surface area contributed by atoms with Gasteiger partial charge in [-0.15, -0.1) is 0 Å². The van der Waals surface area contributed by atoms with Crippen LogP contribution in [0.25, 0.3) is 0 Å². The van der Waals surface area contributed by atoms with Crippen LogP contribution >= 0.6 is 0 Å². The van der Waals surface area contributed by atoms with E-state index < -0.39 is 0 Å². The number of carbonyl (C=O) groups excluding carboxylic acids is 1. The molecule has 3 aromatic rings. The largest absolute Gasteiger partial charge is 0.353 e. The van der Waals surface area contributed by atoms with E-state index in [-0.39, 0.29) is 11.7 Å².